The van der Waals surface area contributed by atoms with Crippen LogP contribution in [0.15, 0.2) is 18.3 Å². The molecule has 0 aromatic carbocycles. The Morgan fingerprint density at radius 2 is 2.29 bits per heavy atom. The molecule has 1 aromatic heterocycles. The first-order chi connectivity index (χ1) is 6.72. The normalized spacial score (nSPS) is 9.86. The molecule has 0 N–H and O–H groups in total. The first kappa shape index (κ1) is 10.7. The zero-order chi connectivity index (χ0) is 10.4. The molecular weight excluding hydrogens is 182 g/mol. The van der Waals surface area contributed by atoms with Crippen molar-refractivity contribution < 1.29 is 14.3 Å². The van der Waals surface area contributed by atoms with Gasteiger partial charge < -0.3 is 9.47 Å². The van der Waals surface area contributed by atoms with Crippen LogP contribution in [-0.2, 0) is 16.1 Å². The smallest absolute Gasteiger partial charge is 0.212 e. The molecule has 0 aliphatic heterocycles. The van der Waals surface area contributed by atoms with Crippen LogP contribution in [0.2, 0.25) is 0 Å². The third kappa shape index (κ3) is 3.53. The molecule has 0 saturated heterocycles. The fraction of sp³-hybridized carbons (Fsp3) is 0.400. The van der Waals surface area contributed by atoms with Gasteiger partial charge in [-0.05, 0) is 18.6 Å². The molecule has 0 atom stereocenters. The van der Waals surface area contributed by atoms with Crippen LogP contribution in [0.3, 0.4) is 0 Å². The van der Waals surface area contributed by atoms with E-state index in [1.807, 2.05) is 6.07 Å². The molecule has 0 amide bonds. The zero-order valence-electron chi connectivity index (χ0n) is 8.32. The van der Waals surface area contributed by atoms with Crippen molar-refractivity contribution in [2.45, 2.75) is 13.5 Å². The lowest BCUT2D eigenvalue weighted by atomic mass is 10.3. The first-order valence-corrected chi connectivity index (χ1v) is 4.28. The molecule has 76 valence electrons. The Kier molecular flexibility index (Phi) is 4.07. The van der Waals surface area contributed by atoms with Crippen molar-refractivity contribution in [2.24, 2.45) is 0 Å². The summed E-state index contributed by atoms with van der Waals surface area (Å²) in [4.78, 5) is 14.6. The highest BCUT2D eigenvalue weighted by Crippen LogP contribution is 2.07. The van der Waals surface area contributed by atoms with E-state index >= 15 is 0 Å². The topological polar surface area (TPSA) is 48.4 Å². The van der Waals surface area contributed by atoms with Crippen molar-refractivity contribution >= 4 is 5.78 Å². The van der Waals surface area contributed by atoms with Crippen LogP contribution in [0, 0.1) is 0 Å². The van der Waals surface area contributed by atoms with Gasteiger partial charge in [0.05, 0.1) is 13.7 Å². The van der Waals surface area contributed by atoms with E-state index in [1.54, 1.807) is 19.4 Å². The van der Waals surface area contributed by atoms with Gasteiger partial charge in [-0.15, -0.1) is 0 Å². The number of methoxy groups -OCH3 is 1. The molecular formula is C10H13NO3. The van der Waals surface area contributed by atoms with E-state index in [-0.39, 0.29) is 12.4 Å². The first-order valence-electron chi connectivity index (χ1n) is 4.28. The van der Waals surface area contributed by atoms with E-state index in [9.17, 15) is 4.79 Å². The molecule has 4 heteroatoms. The third-order valence-corrected chi connectivity index (χ3v) is 1.58. The highest BCUT2D eigenvalue weighted by Gasteiger charge is 1.97. The van der Waals surface area contributed by atoms with Gasteiger partial charge in [0.1, 0.15) is 6.61 Å². The number of hydrogen-bond acceptors (Lipinski definition) is 4. The van der Waals surface area contributed by atoms with E-state index in [2.05, 4.69) is 4.98 Å². The predicted octanol–water partition coefficient (Wildman–Crippen LogP) is 1.20. The van der Waals surface area contributed by atoms with Crippen LogP contribution in [-0.4, -0.2) is 24.5 Å². The fourth-order valence-electron chi connectivity index (χ4n) is 0.930. The average molecular weight is 195 g/mol. The van der Waals surface area contributed by atoms with Gasteiger partial charge in [0.25, 0.3) is 0 Å². The van der Waals surface area contributed by atoms with Crippen molar-refractivity contribution in [1.29, 1.82) is 0 Å². The summed E-state index contributed by atoms with van der Waals surface area (Å²) in [5.41, 5.74) is 0.923. The van der Waals surface area contributed by atoms with Gasteiger partial charge in [0.15, 0.2) is 5.78 Å². The molecule has 1 rings (SSSR count). The molecule has 1 heterocycles. The van der Waals surface area contributed by atoms with Crippen molar-refractivity contribution in [2.75, 3.05) is 13.7 Å². The van der Waals surface area contributed by atoms with Gasteiger partial charge in [-0.25, -0.2) is 4.98 Å². The molecule has 1 aromatic rings. The lowest BCUT2D eigenvalue weighted by Gasteiger charge is -2.02. The monoisotopic (exact) mass is 195 g/mol. The maximum absolute atomic E-state index is 10.6. The maximum Gasteiger partial charge on any atom is 0.212 e. The van der Waals surface area contributed by atoms with Crippen LogP contribution in [0.4, 0.5) is 0 Å². The number of Topliss-reactive ketones (excluding diaryl/α,β-unsaturated/α-hetero) is 1. The van der Waals surface area contributed by atoms with Crippen LogP contribution in [0.1, 0.15) is 12.5 Å². The molecule has 0 fully saturated rings. The van der Waals surface area contributed by atoms with Gasteiger partial charge in [-0.1, -0.05) is 0 Å². The van der Waals surface area contributed by atoms with Gasteiger partial charge >= 0.3 is 0 Å². The third-order valence-electron chi connectivity index (χ3n) is 1.58. The molecule has 14 heavy (non-hydrogen) atoms. The van der Waals surface area contributed by atoms with Crippen molar-refractivity contribution in [3.05, 3.63) is 23.9 Å². The Labute approximate surface area is 82.9 Å². The molecule has 0 spiro atoms. The molecule has 0 radical (unpaired) electrons. The number of pyridine rings is 1. The lowest BCUT2D eigenvalue weighted by Crippen LogP contribution is -2.03. The van der Waals surface area contributed by atoms with Gasteiger partial charge in [0, 0.05) is 12.3 Å². The van der Waals surface area contributed by atoms with Gasteiger partial charge in [-0.3, -0.25) is 4.79 Å². The Balaban J connectivity index is 2.40. The van der Waals surface area contributed by atoms with Crippen molar-refractivity contribution in [3.8, 4) is 5.88 Å². The van der Waals surface area contributed by atoms with Crippen LogP contribution in [0.25, 0.3) is 0 Å². The van der Waals surface area contributed by atoms with E-state index in [1.165, 1.54) is 6.92 Å². The minimum Gasteiger partial charge on any atom is -0.481 e. The highest BCUT2D eigenvalue weighted by molar-refractivity contribution is 5.76. The molecule has 0 bridgehead atoms. The lowest BCUT2D eigenvalue weighted by molar-refractivity contribution is -0.121. The summed E-state index contributed by atoms with van der Waals surface area (Å²) in [5, 5.41) is 0. The van der Waals surface area contributed by atoms with E-state index < -0.39 is 0 Å². The van der Waals surface area contributed by atoms with Gasteiger partial charge in [0.2, 0.25) is 5.88 Å². The summed E-state index contributed by atoms with van der Waals surface area (Å²) < 4.78 is 10.0. The molecule has 0 aliphatic carbocycles. The number of carbonyl (C=O) groups excluding carboxylic acids is 1. The van der Waals surface area contributed by atoms with Gasteiger partial charge in [-0.2, -0.15) is 0 Å². The SMILES string of the molecule is COc1ccc(COCC(C)=O)cn1. The van der Waals surface area contributed by atoms with Crippen molar-refractivity contribution in [1.82, 2.24) is 4.98 Å². The molecule has 0 saturated carbocycles. The van der Waals surface area contributed by atoms with E-state index in [0.717, 1.165) is 5.56 Å². The molecule has 4 nitrogen and oxygen atoms in total. The summed E-state index contributed by atoms with van der Waals surface area (Å²) >= 11 is 0. The largest absolute Gasteiger partial charge is 0.481 e. The number of carbonyl (C=O) groups is 1. The molecule has 0 aliphatic rings. The number of hydrogen-bond donors (Lipinski definition) is 0. The summed E-state index contributed by atoms with van der Waals surface area (Å²) in [7, 11) is 1.56. The minimum atomic E-state index is 0.0199. The highest BCUT2D eigenvalue weighted by atomic mass is 16.5. The maximum atomic E-state index is 10.6. The standard InChI is InChI=1S/C10H13NO3/c1-8(12)6-14-7-9-3-4-10(13-2)11-5-9/h3-5H,6-7H2,1-2H3. The fourth-order valence-corrected chi connectivity index (χ4v) is 0.930. The second-order valence-corrected chi connectivity index (χ2v) is 2.90. The van der Waals surface area contributed by atoms with E-state index in [4.69, 9.17) is 9.47 Å². The predicted molar refractivity (Wildman–Crippen MR) is 51.1 cm³/mol. The van der Waals surface area contributed by atoms with Crippen LogP contribution >= 0.6 is 0 Å². The quantitative estimate of drug-likeness (QED) is 0.708. The summed E-state index contributed by atoms with van der Waals surface area (Å²) in [6, 6.07) is 3.61. The Hall–Kier alpha value is -1.42. The second-order valence-electron chi connectivity index (χ2n) is 2.90. The average Bonchev–Trinajstić information content (AvgIpc) is 2.18. The number of ether oxygens (including phenoxy) is 2. The Bertz CT molecular complexity index is 295. The van der Waals surface area contributed by atoms with Crippen LogP contribution < -0.4 is 4.74 Å². The number of rotatable bonds is 5. The number of nitrogens with zero attached hydrogens (tertiary/aromatic N) is 1. The summed E-state index contributed by atoms with van der Waals surface area (Å²) in [6.45, 7) is 2.04. The van der Waals surface area contributed by atoms with Crippen molar-refractivity contribution in [3.63, 3.8) is 0 Å². The summed E-state index contributed by atoms with van der Waals surface area (Å²) in [6.07, 6.45) is 1.67. The van der Waals surface area contributed by atoms with E-state index in [0.29, 0.717) is 12.5 Å². The Morgan fingerprint density at radius 1 is 1.50 bits per heavy atom. The molecule has 0 unspecified atom stereocenters. The number of aromatic nitrogens is 1. The minimum absolute atomic E-state index is 0.0199. The zero-order valence-corrected chi connectivity index (χ0v) is 8.32. The summed E-state index contributed by atoms with van der Waals surface area (Å²) in [5.74, 6) is 0.590. The number of ketones is 1. The second kappa shape index (κ2) is 5.34. The Morgan fingerprint density at radius 3 is 2.79 bits per heavy atom. The van der Waals surface area contributed by atoms with Crippen LogP contribution in [0.5, 0.6) is 5.88 Å².